The SMILES string of the molecule is CCCC1(CCC)NC(=O)N(CC(=O)NCCN2C(=O)S/C(=C\c3ccccc3)C2=O)C1=O. The summed E-state index contributed by atoms with van der Waals surface area (Å²) < 4.78 is 0. The van der Waals surface area contributed by atoms with Gasteiger partial charge >= 0.3 is 6.03 Å². The van der Waals surface area contributed by atoms with Crippen molar-refractivity contribution in [1.82, 2.24) is 20.4 Å². The lowest BCUT2D eigenvalue weighted by atomic mass is 9.88. The number of nitrogens with one attached hydrogen (secondary N) is 2. The van der Waals surface area contributed by atoms with Crippen molar-refractivity contribution in [3.05, 3.63) is 40.8 Å². The lowest BCUT2D eigenvalue weighted by molar-refractivity contribution is -0.135. The highest BCUT2D eigenvalue weighted by Gasteiger charge is 2.50. The van der Waals surface area contributed by atoms with E-state index in [2.05, 4.69) is 10.6 Å². The van der Waals surface area contributed by atoms with E-state index in [0.717, 1.165) is 40.0 Å². The molecule has 9 nitrogen and oxygen atoms in total. The summed E-state index contributed by atoms with van der Waals surface area (Å²) in [6.07, 6.45) is 4.13. The zero-order valence-corrected chi connectivity index (χ0v) is 19.6. The van der Waals surface area contributed by atoms with Gasteiger partial charge in [-0.25, -0.2) is 4.79 Å². The van der Waals surface area contributed by atoms with Crippen LogP contribution >= 0.6 is 11.8 Å². The average Bonchev–Trinajstić information content (AvgIpc) is 3.17. The molecule has 0 saturated carbocycles. The molecule has 0 aliphatic carbocycles. The molecule has 0 radical (unpaired) electrons. The predicted molar refractivity (Wildman–Crippen MR) is 125 cm³/mol. The van der Waals surface area contributed by atoms with Crippen LogP contribution < -0.4 is 10.6 Å². The number of hydrogen-bond acceptors (Lipinski definition) is 6. The molecular formula is C23H28N4O5S. The maximum Gasteiger partial charge on any atom is 0.325 e. The molecule has 2 aliphatic heterocycles. The minimum absolute atomic E-state index is 0.00170. The number of thioether (sulfide) groups is 1. The first kappa shape index (κ1) is 24.5. The third kappa shape index (κ3) is 5.44. The number of imide groups is 2. The summed E-state index contributed by atoms with van der Waals surface area (Å²) >= 11 is 0.851. The Morgan fingerprint density at radius 3 is 2.36 bits per heavy atom. The van der Waals surface area contributed by atoms with Crippen molar-refractivity contribution in [2.45, 2.75) is 45.1 Å². The minimum atomic E-state index is -0.950. The molecule has 2 N–H and O–H groups in total. The Morgan fingerprint density at radius 2 is 1.73 bits per heavy atom. The molecule has 0 unspecified atom stereocenters. The molecule has 2 fully saturated rings. The van der Waals surface area contributed by atoms with Crippen LogP contribution in [0.25, 0.3) is 6.08 Å². The van der Waals surface area contributed by atoms with Gasteiger partial charge in [-0.1, -0.05) is 57.0 Å². The summed E-state index contributed by atoms with van der Waals surface area (Å²) in [6.45, 7) is 3.49. The number of benzene rings is 1. The monoisotopic (exact) mass is 472 g/mol. The van der Waals surface area contributed by atoms with Crippen LogP contribution in [0.15, 0.2) is 35.2 Å². The van der Waals surface area contributed by atoms with Gasteiger partial charge in [-0.15, -0.1) is 0 Å². The predicted octanol–water partition coefficient (Wildman–Crippen LogP) is 2.73. The quantitative estimate of drug-likeness (QED) is 0.400. The zero-order valence-electron chi connectivity index (χ0n) is 18.8. The lowest BCUT2D eigenvalue weighted by Crippen LogP contribution is -2.48. The fourth-order valence-electron chi connectivity index (χ4n) is 4.04. The Labute approximate surface area is 196 Å². The number of hydrogen-bond donors (Lipinski definition) is 2. The number of carbonyl (C=O) groups is 5. The van der Waals surface area contributed by atoms with Crippen molar-refractivity contribution in [1.29, 1.82) is 0 Å². The molecule has 1 aromatic rings. The van der Waals surface area contributed by atoms with Crippen molar-refractivity contribution in [3.63, 3.8) is 0 Å². The molecule has 0 bridgehead atoms. The fourth-order valence-corrected chi connectivity index (χ4v) is 4.90. The topological polar surface area (TPSA) is 116 Å². The molecule has 6 amide bonds. The summed E-state index contributed by atoms with van der Waals surface area (Å²) in [5.74, 6) is -1.33. The number of urea groups is 1. The Morgan fingerprint density at radius 1 is 1.06 bits per heavy atom. The molecular weight excluding hydrogens is 444 g/mol. The fraction of sp³-hybridized carbons (Fsp3) is 0.435. The second kappa shape index (κ2) is 10.7. The van der Waals surface area contributed by atoms with Gasteiger partial charge < -0.3 is 10.6 Å². The molecule has 2 saturated heterocycles. The number of amides is 6. The van der Waals surface area contributed by atoms with Crippen LogP contribution in [0.2, 0.25) is 0 Å². The first-order valence-corrected chi connectivity index (χ1v) is 11.8. The third-order valence-corrected chi connectivity index (χ3v) is 6.44. The van der Waals surface area contributed by atoms with E-state index in [1.54, 1.807) is 6.08 Å². The molecule has 10 heteroatoms. The van der Waals surface area contributed by atoms with E-state index in [-0.39, 0.29) is 19.0 Å². The van der Waals surface area contributed by atoms with Gasteiger partial charge in [0.05, 0.1) is 4.91 Å². The van der Waals surface area contributed by atoms with Crippen molar-refractivity contribution >= 4 is 46.8 Å². The number of rotatable bonds is 10. The van der Waals surface area contributed by atoms with Gasteiger partial charge in [-0.2, -0.15) is 0 Å². The standard InChI is InChI=1S/C23H28N4O5S/c1-3-10-23(11-4-2)20(30)27(21(31)25-23)15-18(28)24-12-13-26-19(29)17(33-22(26)32)14-16-8-6-5-7-9-16/h5-9,14H,3-4,10-13,15H2,1-2H3,(H,24,28)(H,25,31)/b17-14-. The highest BCUT2D eigenvalue weighted by molar-refractivity contribution is 8.18. The van der Waals surface area contributed by atoms with Gasteiger partial charge in [0.1, 0.15) is 12.1 Å². The Hall–Kier alpha value is -3.14. The first-order valence-electron chi connectivity index (χ1n) is 11.0. The van der Waals surface area contributed by atoms with Crippen molar-refractivity contribution in [3.8, 4) is 0 Å². The van der Waals surface area contributed by atoms with Gasteiger partial charge in [-0.3, -0.25) is 29.0 Å². The summed E-state index contributed by atoms with van der Waals surface area (Å²) in [7, 11) is 0. The Kier molecular flexibility index (Phi) is 7.91. The van der Waals surface area contributed by atoms with E-state index in [4.69, 9.17) is 0 Å². The van der Waals surface area contributed by atoms with E-state index in [0.29, 0.717) is 17.7 Å². The summed E-state index contributed by atoms with van der Waals surface area (Å²) in [5, 5.41) is 4.94. The van der Waals surface area contributed by atoms with Crippen LogP contribution in [-0.2, 0) is 14.4 Å². The van der Waals surface area contributed by atoms with Gasteiger partial charge in [0.2, 0.25) is 5.91 Å². The number of carbonyl (C=O) groups excluding carboxylic acids is 5. The zero-order chi connectivity index (χ0) is 24.0. The smallest absolute Gasteiger partial charge is 0.325 e. The molecule has 0 spiro atoms. The summed E-state index contributed by atoms with van der Waals surface area (Å²) in [5.41, 5.74) is -0.138. The van der Waals surface area contributed by atoms with Crippen molar-refractivity contribution in [2.24, 2.45) is 0 Å². The van der Waals surface area contributed by atoms with Crippen LogP contribution in [0.4, 0.5) is 9.59 Å². The lowest BCUT2D eigenvalue weighted by Gasteiger charge is -2.25. The maximum atomic E-state index is 12.9. The molecule has 3 rings (SSSR count). The van der Waals surface area contributed by atoms with Gasteiger partial charge in [0, 0.05) is 13.1 Å². The normalized spacial score (nSPS) is 18.9. The Bertz CT molecular complexity index is 972. The molecule has 1 aromatic carbocycles. The third-order valence-electron chi connectivity index (χ3n) is 5.53. The second-order valence-corrected chi connectivity index (χ2v) is 8.99. The highest BCUT2D eigenvalue weighted by Crippen LogP contribution is 2.32. The van der Waals surface area contributed by atoms with E-state index >= 15 is 0 Å². The van der Waals surface area contributed by atoms with E-state index in [1.165, 1.54) is 0 Å². The highest BCUT2D eigenvalue weighted by atomic mass is 32.2. The average molecular weight is 473 g/mol. The minimum Gasteiger partial charge on any atom is -0.353 e. The van der Waals surface area contributed by atoms with E-state index < -0.39 is 35.2 Å². The van der Waals surface area contributed by atoms with Crippen LogP contribution in [0.3, 0.4) is 0 Å². The van der Waals surface area contributed by atoms with E-state index in [1.807, 2.05) is 44.2 Å². The van der Waals surface area contributed by atoms with Crippen LogP contribution in [0.1, 0.15) is 45.1 Å². The van der Waals surface area contributed by atoms with Gasteiger partial charge in [0.15, 0.2) is 0 Å². The maximum absolute atomic E-state index is 12.9. The molecule has 2 aliphatic rings. The van der Waals surface area contributed by atoms with Crippen LogP contribution in [-0.4, -0.2) is 64.0 Å². The molecule has 0 aromatic heterocycles. The summed E-state index contributed by atoms with van der Waals surface area (Å²) in [4.78, 5) is 64.7. The van der Waals surface area contributed by atoms with Gasteiger partial charge in [-0.05, 0) is 36.2 Å². The van der Waals surface area contributed by atoms with Crippen molar-refractivity contribution in [2.75, 3.05) is 19.6 Å². The summed E-state index contributed by atoms with van der Waals surface area (Å²) in [6, 6.07) is 8.63. The van der Waals surface area contributed by atoms with E-state index in [9.17, 15) is 24.0 Å². The number of nitrogens with zero attached hydrogens (tertiary/aromatic N) is 2. The molecule has 2 heterocycles. The second-order valence-electron chi connectivity index (χ2n) is 8.00. The van der Waals surface area contributed by atoms with Crippen molar-refractivity contribution < 1.29 is 24.0 Å². The molecule has 176 valence electrons. The largest absolute Gasteiger partial charge is 0.353 e. The Balaban J connectivity index is 1.53. The van der Waals surface area contributed by atoms with Gasteiger partial charge in [0.25, 0.3) is 17.1 Å². The van der Waals surface area contributed by atoms with Crippen LogP contribution in [0, 0.1) is 0 Å². The molecule has 33 heavy (non-hydrogen) atoms. The molecule has 0 atom stereocenters. The van der Waals surface area contributed by atoms with Crippen LogP contribution in [0.5, 0.6) is 0 Å². The first-order chi connectivity index (χ1) is 15.8.